The summed E-state index contributed by atoms with van der Waals surface area (Å²) in [5.74, 6) is 0.505. The highest BCUT2D eigenvalue weighted by molar-refractivity contribution is 5.79. The molecule has 0 radical (unpaired) electrons. The minimum absolute atomic E-state index is 0.0526. The van der Waals surface area contributed by atoms with Gasteiger partial charge in [0.05, 0.1) is 0 Å². The van der Waals surface area contributed by atoms with Crippen LogP contribution in [0.15, 0.2) is 0 Å². The second-order valence-electron chi connectivity index (χ2n) is 5.32. The molecule has 0 bridgehead atoms. The summed E-state index contributed by atoms with van der Waals surface area (Å²) in [4.78, 5) is 27.5. The summed E-state index contributed by atoms with van der Waals surface area (Å²) in [6, 6.07) is 0. The molecule has 0 unspecified atom stereocenters. The predicted octanol–water partition coefficient (Wildman–Crippen LogP) is 1.89. The van der Waals surface area contributed by atoms with Crippen molar-refractivity contribution in [2.24, 2.45) is 5.92 Å². The zero-order chi connectivity index (χ0) is 13.5. The fourth-order valence-corrected chi connectivity index (χ4v) is 2.23. The van der Waals surface area contributed by atoms with Crippen molar-refractivity contribution in [3.63, 3.8) is 0 Å². The third-order valence-electron chi connectivity index (χ3n) is 3.43. The highest BCUT2D eigenvalue weighted by Crippen LogP contribution is 2.09. The molecule has 1 rings (SSSR count). The first-order chi connectivity index (χ1) is 8.56. The summed E-state index contributed by atoms with van der Waals surface area (Å²) in [6.07, 6.45) is 3.91. The molecule has 0 saturated carbocycles. The predicted molar refractivity (Wildman–Crippen MR) is 72.1 cm³/mol. The number of unbranched alkanes of at least 4 members (excludes halogenated alkanes) is 2. The van der Waals surface area contributed by atoms with Crippen molar-refractivity contribution in [3.05, 3.63) is 0 Å². The Morgan fingerprint density at radius 1 is 1.00 bits per heavy atom. The highest BCUT2D eigenvalue weighted by atomic mass is 16.2. The van der Waals surface area contributed by atoms with Crippen LogP contribution in [0.25, 0.3) is 0 Å². The molecule has 4 heteroatoms. The van der Waals surface area contributed by atoms with Gasteiger partial charge in [-0.1, -0.05) is 33.6 Å². The summed E-state index contributed by atoms with van der Waals surface area (Å²) in [5, 5.41) is 0. The van der Waals surface area contributed by atoms with E-state index >= 15 is 0 Å². The van der Waals surface area contributed by atoms with Crippen molar-refractivity contribution in [1.82, 2.24) is 9.80 Å². The number of nitrogens with zero attached hydrogens (tertiary/aromatic N) is 2. The lowest BCUT2D eigenvalue weighted by Crippen LogP contribution is -2.51. The summed E-state index contributed by atoms with van der Waals surface area (Å²) < 4.78 is 0. The van der Waals surface area contributed by atoms with Gasteiger partial charge in [-0.15, -0.1) is 0 Å². The summed E-state index contributed by atoms with van der Waals surface area (Å²) >= 11 is 0. The maximum atomic E-state index is 11.9. The Labute approximate surface area is 110 Å². The highest BCUT2D eigenvalue weighted by Gasteiger charge is 2.24. The zero-order valence-electron chi connectivity index (χ0n) is 11.9. The van der Waals surface area contributed by atoms with Crippen LogP contribution in [-0.2, 0) is 9.59 Å². The van der Waals surface area contributed by atoms with E-state index in [2.05, 4.69) is 6.92 Å². The van der Waals surface area contributed by atoms with E-state index in [-0.39, 0.29) is 17.7 Å². The Balaban J connectivity index is 2.30. The van der Waals surface area contributed by atoms with Crippen LogP contribution >= 0.6 is 0 Å². The van der Waals surface area contributed by atoms with Crippen LogP contribution in [0.4, 0.5) is 0 Å². The van der Waals surface area contributed by atoms with E-state index in [0.29, 0.717) is 32.6 Å². The third-order valence-corrected chi connectivity index (χ3v) is 3.43. The van der Waals surface area contributed by atoms with E-state index in [4.69, 9.17) is 0 Å². The Bertz CT molecular complexity index is 282. The fourth-order valence-electron chi connectivity index (χ4n) is 2.23. The fraction of sp³-hybridized carbons (Fsp3) is 0.857. The monoisotopic (exact) mass is 254 g/mol. The SMILES string of the molecule is CCCCCC(=O)N1CCN(C(=O)C(C)C)CC1. The first-order valence-electron chi connectivity index (χ1n) is 7.12. The number of piperazine rings is 1. The van der Waals surface area contributed by atoms with E-state index in [1.54, 1.807) is 0 Å². The van der Waals surface area contributed by atoms with Gasteiger partial charge in [-0.2, -0.15) is 0 Å². The van der Waals surface area contributed by atoms with Crippen LogP contribution in [0, 0.1) is 5.92 Å². The van der Waals surface area contributed by atoms with Crippen LogP contribution in [0.2, 0.25) is 0 Å². The van der Waals surface area contributed by atoms with Crippen molar-refractivity contribution in [3.8, 4) is 0 Å². The van der Waals surface area contributed by atoms with Gasteiger partial charge in [0.2, 0.25) is 11.8 Å². The molecule has 4 nitrogen and oxygen atoms in total. The molecule has 1 fully saturated rings. The topological polar surface area (TPSA) is 40.6 Å². The van der Waals surface area contributed by atoms with E-state index < -0.39 is 0 Å². The molecule has 0 aromatic heterocycles. The molecule has 1 saturated heterocycles. The Morgan fingerprint density at radius 3 is 2.06 bits per heavy atom. The Kier molecular flexibility index (Phi) is 6.16. The lowest BCUT2D eigenvalue weighted by molar-refractivity contribution is -0.141. The number of hydrogen-bond acceptors (Lipinski definition) is 2. The molecule has 0 atom stereocenters. The maximum Gasteiger partial charge on any atom is 0.225 e. The average molecular weight is 254 g/mol. The van der Waals surface area contributed by atoms with Crippen molar-refractivity contribution < 1.29 is 9.59 Å². The second kappa shape index (κ2) is 7.39. The number of rotatable bonds is 5. The van der Waals surface area contributed by atoms with Crippen molar-refractivity contribution in [2.75, 3.05) is 26.2 Å². The summed E-state index contributed by atoms with van der Waals surface area (Å²) in [5.41, 5.74) is 0. The van der Waals surface area contributed by atoms with Gasteiger partial charge in [-0.05, 0) is 6.42 Å². The lowest BCUT2D eigenvalue weighted by atomic mass is 10.1. The quantitative estimate of drug-likeness (QED) is 0.703. The average Bonchev–Trinajstić information content (AvgIpc) is 2.38. The van der Waals surface area contributed by atoms with Gasteiger partial charge < -0.3 is 9.80 Å². The minimum atomic E-state index is 0.0526. The molecule has 18 heavy (non-hydrogen) atoms. The zero-order valence-corrected chi connectivity index (χ0v) is 11.9. The van der Waals surface area contributed by atoms with Gasteiger partial charge in [0.1, 0.15) is 0 Å². The molecule has 0 aliphatic carbocycles. The van der Waals surface area contributed by atoms with Gasteiger partial charge in [0.15, 0.2) is 0 Å². The smallest absolute Gasteiger partial charge is 0.225 e. The van der Waals surface area contributed by atoms with Crippen LogP contribution in [0.5, 0.6) is 0 Å². The Hall–Kier alpha value is -1.06. The van der Waals surface area contributed by atoms with Gasteiger partial charge in [-0.25, -0.2) is 0 Å². The first-order valence-corrected chi connectivity index (χ1v) is 7.12. The largest absolute Gasteiger partial charge is 0.339 e. The minimum Gasteiger partial charge on any atom is -0.339 e. The van der Waals surface area contributed by atoms with E-state index in [1.807, 2.05) is 23.6 Å². The number of carbonyl (C=O) groups excluding carboxylic acids is 2. The molecule has 0 aromatic carbocycles. The van der Waals surface area contributed by atoms with Crippen LogP contribution < -0.4 is 0 Å². The maximum absolute atomic E-state index is 11.9. The molecule has 2 amide bonds. The molecule has 1 heterocycles. The molecular formula is C14H26N2O2. The Morgan fingerprint density at radius 2 is 1.56 bits per heavy atom. The van der Waals surface area contributed by atoms with Gasteiger partial charge in [0.25, 0.3) is 0 Å². The standard InChI is InChI=1S/C14H26N2O2/c1-4-5-6-7-13(17)15-8-10-16(11-9-15)14(18)12(2)3/h12H,4-11H2,1-3H3. The van der Waals surface area contributed by atoms with E-state index in [9.17, 15) is 9.59 Å². The third kappa shape index (κ3) is 4.31. The number of carbonyl (C=O) groups is 2. The van der Waals surface area contributed by atoms with Crippen LogP contribution in [0.3, 0.4) is 0 Å². The summed E-state index contributed by atoms with van der Waals surface area (Å²) in [6.45, 7) is 8.76. The van der Waals surface area contributed by atoms with E-state index in [0.717, 1.165) is 19.3 Å². The molecule has 0 spiro atoms. The first kappa shape index (κ1) is 15.0. The number of amides is 2. The molecule has 1 aliphatic heterocycles. The summed E-state index contributed by atoms with van der Waals surface area (Å²) in [7, 11) is 0. The van der Waals surface area contributed by atoms with Gasteiger partial charge in [0, 0.05) is 38.5 Å². The normalized spacial score (nSPS) is 16.2. The van der Waals surface area contributed by atoms with Crippen molar-refractivity contribution in [2.45, 2.75) is 46.5 Å². The number of hydrogen-bond donors (Lipinski definition) is 0. The molecule has 0 N–H and O–H groups in total. The molecular weight excluding hydrogens is 228 g/mol. The van der Waals surface area contributed by atoms with Gasteiger partial charge >= 0.3 is 0 Å². The van der Waals surface area contributed by atoms with Crippen molar-refractivity contribution >= 4 is 11.8 Å². The second-order valence-corrected chi connectivity index (χ2v) is 5.32. The van der Waals surface area contributed by atoms with Crippen molar-refractivity contribution in [1.29, 1.82) is 0 Å². The molecule has 104 valence electrons. The molecule has 1 aliphatic rings. The van der Waals surface area contributed by atoms with Crippen LogP contribution in [-0.4, -0.2) is 47.8 Å². The van der Waals surface area contributed by atoms with E-state index in [1.165, 1.54) is 0 Å². The lowest BCUT2D eigenvalue weighted by Gasteiger charge is -2.35. The van der Waals surface area contributed by atoms with Gasteiger partial charge in [-0.3, -0.25) is 9.59 Å². The molecule has 0 aromatic rings. The van der Waals surface area contributed by atoms with Crippen LogP contribution in [0.1, 0.15) is 46.5 Å².